The zero-order valence-electron chi connectivity index (χ0n) is 10.4. The summed E-state index contributed by atoms with van der Waals surface area (Å²) in [6.07, 6.45) is 5.28. The first-order chi connectivity index (χ1) is 8.33. The van der Waals surface area contributed by atoms with Gasteiger partial charge >= 0.3 is 0 Å². The average Bonchev–Trinajstić information content (AvgIpc) is 2.85. The predicted molar refractivity (Wildman–Crippen MR) is 68.7 cm³/mol. The van der Waals surface area contributed by atoms with Crippen molar-refractivity contribution in [3.63, 3.8) is 0 Å². The summed E-state index contributed by atoms with van der Waals surface area (Å²) in [6.45, 7) is 3.99. The molecule has 0 saturated carbocycles. The topological polar surface area (TPSA) is 60.2 Å². The predicted octanol–water partition coefficient (Wildman–Crippen LogP) is 1.88. The lowest BCUT2D eigenvalue weighted by atomic mass is 10.00. The highest BCUT2D eigenvalue weighted by molar-refractivity contribution is 5.41. The molecule has 2 heterocycles. The van der Waals surface area contributed by atoms with E-state index in [4.69, 9.17) is 10.5 Å². The summed E-state index contributed by atoms with van der Waals surface area (Å²) in [5.41, 5.74) is 7.02. The summed E-state index contributed by atoms with van der Waals surface area (Å²) in [7, 11) is 0. The fraction of sp³-hybridized carbons (Fsp3) is 0.615. The summed E-state index contributed by atoms with van der Waals surface area (Å²) in [5.74, 6) is 0.608. The van der Waals surface area contributed by atoms with Gasteiger partial charge in [0.05, 0.1) is 12.1 Å². The van der Waals surface area contributed by atoms with Crippen LogP contribution in [0.4, 0.5) is 5.82 Å². The first-order valence-corrected chi connectivity index (χ1v) is 6.38. The van der Waals surface area contributed by atoms with Crippen LogP contribution in [0.5, 0.6) is 0 Å². The van der Waals surface area contributed by atoms with Gasteiger partial charge in [0.25, 0.3) is 0 Å². The Morgan fingerprint density at radius 2 is 2.53 bits per heavy atom. The number of nitrogens with zero attached hydrogens (tertiary/aromatic N) is 1. The van der Waals surface area contributed by atoms with Gasteiger partial charge in [-0.1, -0.05) is 13.0 Å². The Morgan fingerprint density at radius 3 is 3.18 bits per heavy atom. The molecule has 0 amide bonds. The quantitative estimate of drug-likeness (QED) is 0.818. The third-order valence-corrected chi connectivity index (χ3v) is 3.16. The molecule has 1 aliphatic rings. The summed E-state index contributed by atoms with van der Waals surface area (Å²) in [5, 5.41) is 3.52. The average molecular weight is 235 g/mol. The van der Waals surface area contributed by atoms with E-state index in [1.54, 1.807) is 6.20 Å². The van der Waals surface area contributed by atoms with E-state index in [0.29, 0.717) is 5.82 Å². The third-order valence-electron chi connectivity index (χ3n) is 3.16. The van der Waals surface area contributed by atoms with Crippen molar-refractivity contribution >= 4 is 5.82 Å². The second kappa shape index (κ2) is 5.98. The Balaban J connectivity index is 2.16. The van der Waals surface area contributed by atoms with Gasteiger partial charge in [-0.25, -0.2) is 4.98 Å². The zero-order chi connectivity index (χ0) is 12.1. The van der Waals surface area contributed by atoms with E-state index >= 15 is 0 Å². The Morgan fingerprint density at radius 1 is 1.65 bits per heavy atom. The molecule has 2 unspecified atom stereocenters. The number of anilines is 1. The minimum Gasteiger partial charge on any atom is -0.383 e. The molecule has 1 aromatic rings. The number of nitrogens with two attached hydrogens (primary N) is 1. The highest BCUT2D eigenvalue weighted by Crippen LogP contribution is 2.29. The van der Waals surface area contributed by atoms with Crippen LogP contribution in [0.2, 0.25) is 0 Å². The van der Waals surface area contributed by atoms with Gasteiger partial charge in [-0.3, -0.25) is 0 Å². The molecule has 2 atom stereocenters. The molecule has 0 aliphatic carbocycles. The molecular weight excluding hydrogens is 214 g/mol. The summed E-state index contributed by atoms with van der Waals surface area (Å²) in [6, 6.07) is 4.14. The minimum atomic E-state index is 0.172. The van der Waals surface area contributed by atoms with Gasteiger partial charge in [0, 0.05) is 18.4 Å². The van der Waals surface area contributed by atoms with Gasteiger partial charge in [-0.2, -0.15) is 0 Å². The molecule has 4 nitrogen and oxygen atoms in total. The van der Waals surface area contributed by atoms with Gasteiger partial charge in [-0.15, -0.1) is 0 Å². The molecule has 3 N–H and O–H groups in total. The zero-order valence-corrected chi connectivity index (χ0v) is 10.4. The van der Waals surface area contributed by atoms with Crippen molar-refractivity contribution in [1.82, 2.24) is 10.3 Å². The van der Waals surface area contributed by atoms with E-state index in [0.717, 1.165) is 38.0 Å². The molecule has 0 radical (unpaired) electrons. The number of rotatable bonds is 5. The van der Waals surface area contributed by atoms with Crippen LogP contribution in [-0.4, -0.2) is 24.2 Å². The monoisotopic (exact) mass is 235 g/mol. The van der Waals surface area contributed by atoms with Crippen molar-refractivity contribution in [2.45, 2.75) is 38.3 Å². The fourth-order valence-electron chi connectivity index (χ4n) is 2.30. The number of ether oxygens (including phenoxy) is 1. The van der Waals surface area contributed by atoms with Crippen molar-refractivity contribution in [2.75, 3.05) is 18.9 Å². The van der Waals surface area contributed by atoms with Gasteiger partial charge < -0.3 is 15.8 Å². The normalized spacial score (nSPS) is 21.6. The van der Waals surface area contributed by atoms with Crippen molar-refractivity contribution in [3.05, 3.63) is 23.9 Å². The third kappa shape index (κ3) is 2.96. The molecule has 4 heteroatoms. The highest BCUT2D eigenvalue weighted by Gasteiger charge is 2.28. The van der Waals surface area contributed by atoms with E-state index in [2.05, 4.69) is 17.2 Å². The minimum absolute atomic E-state index is 0.172. The smallest absolute Gasteiger partial charge is 0.128 e. The maximum absolute atomic E-state index is 5.95. The van der Waals surface area contributed by atoms with Crippen LogP contribution in [0, 0.1) is 0 Å². The number of pyridine rings is 1. The first kappa shape index (κ1) is 12.3. The maximum Gasteiger partial charge on any atom is 0.128 e. The van der Waals surface area contributed by atoms with E-state index in [1.165, 1.54) is 0 Å². The molecule has 1 saturated heterocycles. The van der Waals surface area contributed by atoms with Crippen LogP contribution in [0.25, 0.3) is 0 Å². The van der Waals surface area contributed by atoms with Gasteiger partial charge in [-0.05, 0) is 31.9 Å². The van der Waals surface area contributed by atoms with Crippen LogP contribution < -0.4 is 11.1 Å². The standard InChI is InChI=1S/C13H21N3O/c1-2-7-15-12(11-6-4-9-17-11)10-5-3-8-16-13(10)14/h3,5,8,11-12,15H,2,4,6-7,9H2,1H3,(H2,14,16). The van der Waals surface area contributed by atoms with Crippen LogP contribution in [-0.2, 0) is 4.74 Å². The molecule has 0 bridgehead atoms. The Hall–Kier alpha value is -1.13. The Labute approximate surface area is 103 Å². The molecule has 0 spiro atoms. The Bertz CT molecular complexity index is 350. The number of nitrogens with one attached hydrogen (secondary N) is 1. The number of hydrogen-bond acceptors (Lipinski definition) is 4. The molecule has 17 heavy (non-hydrogen) atoms. The van der Waals surface area contributed by atoms with Crippen LogP contribution in [0.1, 0.15) is 37.8 Å². The Kier molecular flexibility index (Phi) is 4.34. The second-order valence-corrected chi connectivity index (χ2v) is 4.46. The van der Waals surface area contributed by atoms with Crippen molar-refractivity contribution in [1.29, 1.82) is 0 Å². The molecule has 0 aromatic carbocycles. The molecule has 1 aliphatic heterocycles. The number of aromatic nitrogens is 1. The van der Waals surface area contributed by atoms with E-state index in [9.17, 15) is 0 Å². The lowest BCUT2D eigenvalue weighted by molar-refractivity contribution is 0.0784. The largest absolute Gasteiger partial charge is 0.383 e. The summed E-state index contributed by atoms with van der Waals surface area (Å²) < 4.78 is 5.78. The SMILES string of the molecule is CCCNC(c1cccnc1N)C1CCCO1. The summed E-state index contributed by atoms with van der Waals surface area (Å²) >= 11 is 0. The molecule has 1 aromatic heterocycles. The molecule has 1 fully saturated rings. The van der Waals surface area contributed by atoms with Crippen LogP contribution in [0.15, 0.2) is 18.3 Å². The second-order valence-electron chi connectivity index (χ2n) is 4.46. The summed E-state index contributed by atoms with van der Waals surface area (Å²) in [4.78, 5) is 4.16. The lowest BCUT2D eigenvalue weighted by Crippen LogP contribution is -2.33. The van der Waals surface area contributed by atoms with E-state index in [-0.39, 0.29) is 12.1 Å². The van der Waals surface area contributed by atoms with Gasteiger partial charge in [0.2, 0.25) is 0 Å². The highest BCUT2D eigenvalue weighted by atomic mass is 16.5. The fourth-order valence-corrected chi connectivity index (χ4v) is 2.30. The lowest BCUT2D eigenvalue weighted by Gasteiger charge is -2.25. The van der Waals surface area contributed by atoms with Gasteiger partial charge in [0.1, 0.15) is 5.82 Å². The van der Waals surface area contributed by atoms with Crippen LogP contribution >= 0.6 is 0 Å². The number of nitrogen functional groups attached to an aromatic ring is 1. The molecule has 2 rings (SSSR count). The van der Waals surface area contributed by atoms with Crippen LogP contribution in [0.3, 0.4) is 0 Å². The first-order valence-electron chi connectivity index (χ1n) is 6.38. The van der Waals surface area contributed by atoms with Crippen molar-refractivity contribution < 1.29 is 4.74 Å². The number of hydrogen-bond donors (Lipinski definition) is 2. The van der Waals surface area contributed by atoms with Gasteiger partial charge in [0.15, 0.2) is 0 Å². The van der Waals surface area contributed by atoms with E-state index in [1.807, 2.05) is 12.1 Å². The van der Waals surface area contributed by atoms with Crippen molar-refractivity contribution in [3.8, 4) is 0 Å². The molecular formula is C13H21N3O. The molecule has 94 valence electrons. The van der Waals surface area contributed by atoms with Crippen molar-refractivity contribution in [2.24, 2.45) is 0 Å². The maximum atomic E-state index is 5.95. The van der Waals surface area contributed by atoms with E-state index < -0.39 is 0 Å².